The molecule has 1 aliphatic heterocycles. The molecule has 0 saturated heterocycles. The Morgan fingerprint density at radius 3 is 2.45 bits per heavy atom. The first-order valence-corrected chi connectivity index (χ1v) is 10.7. The minimum atomic E-state index is -0.292. The van der Waals surface area contributed by atoms with Gasteiger partial charge in [0.2, 0.25) is 5.91 Å². The number of nitrogens with zero attached hydrogens (tertiary/aromatic N) is 1. The first kappa shape index (κ1) is 22.5. The van der Waals surface area contributed by atoms with Crippen LogP contribution >= 0.6 is 0 Å². The number of amides is 3. The van der Waals surface area contributed by atoms with Gasteiger partial charge in [0.1, 0.15) is 0 Å². The average Bonchev–Trinajstić information content (AvgIpc) is 2.80. The van der Waals surface area contributed by atoms with Crippen molar-refractivity contribution in [1.82, 2.24) is 15.5 Å². The van der Waals surface area contributed by atoms with Gasteiger partial charge in [-0.1, -0.05) is 37.3 Å². The van der Waals surface area contributed by atoms with Crippen LogP contribution in [-0.2, 0) is 17.6 Å². The Morgan fingerprint density at radius 2 is 1.77 bits per heavy atom. The third kappa shape index (κ3) is 5.48. The standard InChI is InChI=1S/C24H31N3O4/c1-4-11-25-24(29)27-12-10-18-14-21(30-2)22(31-3)15-19(18)20(27)16-26-23(28)13-17-8-6-5-7-9-17/h5-9,14-15,20H,4,10-13,16H2,1-3H3,(H,25,29)(H,26,28)/t20-/m1/s1. The molecule has 31 heavy (non-hydrogen) atoms. The molecule has 2 aromatic carbocycles. The van der Waals surface area contributed by atoms with Crippen molar-refractivity contribution in [3.05, 3.63) is 59.2 Å². The highest BCUT2D eigenvalue weighted by molar-refractivity contribution is 5.79. The van der Waals surface area contributed by atoms with Crippen LogP contribution in [0, 0.1) is 0 Å². The van der Waals surface area contributed by atoms with Gasteiger partial charge >= 0.3 is 6.03 Å². The molecule has 0 radical (unpaired) electrons. The molecule has 1 aliphatic rings. The van der Waals surface area contributed by atoms with Gasteiger partial charge in [-0.15, -0.1) is 0 Å². The van der Waals surface area contributed by atoms with Crippen molar-refractivity contribution < 1.29 is 19.1 Å². The maximum absolute atomic E-state index is 12.8. The molecule has 3 amide bonds. The SMILES string of the molecule is CCCNC(=O)N1CCc2cc(OC)c(OC)cc2[C@H]1CNC(=O)Cc1ccccc1. The van der Waals surface area contributed by atoms with Crippen molar-refractivity contribution >= 4 is 11.9 Å². The smallest absolute Gasteiger partial charge is 0.317 e. The Kier molecular flexibility index (Phi) is 7.76. The van der Waals surface area contributed by atoms with Crippen molar-refractivity contribution in [3.8, 4) is 11.5 Å². The van der Waals surface area contributed by atoms with Crippen LogP contribution in [0.25, 0.3) is 0 Å². The summed E-state index contributed by atoms with van der Waals surface area (Å²) in [5, 5.41) is 5.98. The van der Waals surface area contributed by atoms with E-state index in [0.29, 0.717) is 44.0 Å². The summed E-state index contributed by atoms with van der Waals surface area (Å²) in [5.41, 5.74) is 3.02. The summed E-state index contributed by atoms with van der Waals surface area (Å²) in [5.74, 6) is 1.20. The van der Waals surface area contributed by atoms with Gasteiger partial charge in [-0.2, -0.15) is 0 Å². The van der Waals surface area contributed by atoms with Crippen LogP contribution in [0.4, 0.5) is 4.79 Å². The fraction of sp³-hybridized carbons (Fsp3) is 0.417. The Hall–Kier alpha value is -3.22. The summed E-state index contributed by atoms with van der Waals surface area (Å²) in [4.78, 5) is 27.2. The van der Waals surface area contributed by atoms with Crippen LogP contribution in [0.3, 0.4) is 0 Å². The number of benzene rings is 2. The van der Waals surface area contributed by atoms with E-state index in [2.05, 4.69) is 10.6 Å². The molecule has 166 valence electrons. The molecule has 7 nitrogen and oxygen atoms in total. The molecule has 0 unspecified atom stereocenters. The molecule has 0 spiro atoms. The number of urea groups is 1. The van der Waals surface area contributed by atoms with Gasteiger partial charge in [0.15, 0.2) is 11.5 Å². The molecule has 1 heterocycles. The van der Waals surface area contributed by atoms with E-state index < -0.39 is 0 Å². The monoisotopic (exact) mass is 425 g/mol. The molecule has 7 heteroatoms. The number of fused-ring (bicyclic) bond motifs is 1. The Balaban J connectivity index is 1.82. The zero-order chi connectivity index (χ0) is 22.2. The van der Waals surface area contributed by atoms with E-state index >= 15 is 0 Å². The number of hydrogen-bond acceptors (Lipinski definition) is 4. The Labute approximate surface area is 183 Å². The number of ether oxygens (including phenoxy) is 2. The Bertz CT molecular complexity index is 901. The van der Waals surface area contributed by atoms with Gasteiger partial charge in [-0.25, -0.2) is 4.79 Å². The van der Waals surface area contributed by atoms with E-state index in [4.69, 9.17) is 9.47 Å². The predicted molar refractivity (Wildman–Crippen MR) is 120 cm³/mol. The van der Waals surface area contributed by atoms with Crippen molar-refractivity contribution in [1.29, 1.82) is 0 Å². The van der Waals surface area contributed by atoms with Crippen LogP contribution in [0.15, 0.2) is 42.5 Å². The summed E-state index contributed by atoms with van der Waals surface area (Å²) in [6.45, 7) is 3.52. The zero-order valence-electron chi connectivity index (χ0n) is 18.4. The number of rotatable bonds is 8. The lowest BCUT2D eigenvalue weighted by Crippen LogP contribution is -2.49. The number of carbonyl (C=O) groups is 2. The van der Waals surface area contributed by atoms with Crippen LogP contribution in [0.1, 0.15) is 36.1 Å². The molecule has 0 bridgehead atoms. The topological polar surface area (TPSA) is 79.9 Å². The molecular weight excluding hydrogens is 394 g/mol. The first-order chi connectivity index (χ1) is 15.1. The summed E-state index contributed by atoms with van der Waals surface area (Å²) in [6.07, 6.45) is 1.87. The van der Waals surface area contributed by atoms with Crippen molar-refractivity contribution in [2.45, 2.75) is 32.2 Å². The average molecular weight is 426 g/mol. The van der Waals surface area contributed by atoms with Gasteiger partial charge < -0.3 is 25.0 Å². The van der Waals surface area contributed by atoms with Gasteiger partial charge in [0.05, 0.1) is 26.7 Å². The highest BCUT2D eigenvalue weighted by Crippen LogP contribution is 2.38. The summed E-state index contributed by atoms with van der Waals surface area (Å²) >= 11 is 0. The van der Waals surface area contributed by atoms with E-state index in [1.165, 1.54) is 0 Å². The van der Waals surface area contributed by atoms with Crippen LogP contribution in [-0.4, -0.2) is 50.7 Å². The quantitative estimate of drug-likeness (QED) is 0.681. The highest BCUT2D eigenvalue weighted by atomic mass is 16.5. The third-order valence-electron chi connectivity index (χ3n) is 5.49. The molecule has 0 fully saturated rings. The van der Waals surface area contributed by atoms with Crippen LogP contribution in [0.2, 0.25) is 0 Å². The summed E-state index contributed by atoms with van der Waals surface area (Å²) in [7, 11) is 3.20. The molecule has 1 atom stereocenters. The van der Waals surface area contributed by atoms with E-state index in [1.807, 2.05) is 49.4 Å². The fourth-order valence-electron chi connectivity index (χ4n) is 3.88. The summed E-state index contributed by atoms with van der Waals surface area (Å²) < 4.78 is 10.9. The predicted octanol–water partition coefficient (Wildman–Crippen LogP) is 3.08. The second-order valence-electron chi connectivity index (χ2n) is 7.56. The molecule has 2 aromatic rings. The first-order valence-electron chi connectivity index (χ1n) is 10.7. The molecule has 0 aromatic heterocycles. The van der Waals surface area contributed by atoms with Gasteiger partial charge in [-0.05, 0) is 41.7 Å². The van der Waals surface area contributed by atoms with E-state index in [9.17, 15) is 9.59 Å². The third-order valence-corrected chi connectivity index (χ3v) is 5.49. The minimum absolute atomic E-state index is 0.0762. The van der Waals surface area contributed by atoms with E-state index in [1.54, 1.807) is 19.1 Å². The highest BCUT2D eigenvalue weighted by Gasteiger charge is 2.32. The molecular formula is C24H31N3O4. The van der Waals surface area contributed by atoms with Crippen LogP contribution in [0.5, 0.6) is 11.5 Å². The Morgan fingerprint density at radius 1 is 1.06 bits per heavy atom. The fourth-order valence-corrected chi connectivity index (χ4v) is 3.88. The minimum Gasteiger partial charge on any atom is -0.493 e. The largest absolute Gasteiger partial charge is 0.493 e. The lowest BCUT2D eigenvalue weighted by molar-refractivity contribution is -0.120. The van der Waals surface area contributed by atoms with Gasteiger partial charge in [0, 0.05) is 19.6 Å². The second kappa shape index (κ2) is 10.7. The molecule has 2 N–H and O–H groups in total. The van der Waals surface area contributed by atoms with Crippen LogP contribution < -0.4 is 20.1 Å². The van der Waals surface area contributed by atoms with Gasteiger partial charge in [0.25, 0.3) is 0 Å². The molecule has 3 rings (SSSR count). The number of nitrogens with one attached hydrogen (secondary N) is 2. The van der Waals surface area contributed by atoms with Crippen molar-refractivity contribution in [3.63, 3.8) is 0 Å². The second-order valence-corrected chi connectivity index (χ2v) is 7.56. The zero-order valence-corrected chi connectivity index (χ0v) is 18.4. The number of hydrogen-bond donors (Lipinski definition) is 2. The number of carbonyl (C=O) groups excluding carboxylic acids is 2. The molecule has 0 aliphatic carbocycles. The maximum atomic E-state index is 12.8. The van der Waals surface area contributed by atoms with Crippen molar-refractivity contribution in [2.24, 2.45) is 0 Å². The maximum Gasteiger partial charge on any atom is 0.317 e. The van der Waals surface area contributed by atoms with Gasteiger partial charge in [-0.3, -0.25) is 4.79 Å². The van der Waals surface area contributed by atoms with E-state index in [0.717, 1.165) is 23.1 Å². The molecule has 0 saturated carbocycles. The van der Waals surface area contributed by atoms with Crippen molar-refractivity contribution in [2.75, 3.05) is 33.9 Å². The number of methoxy groups -OCH3 is 2. The van der Waals surface area contributed by atoms with E-state index in [-0.39, 0.29) is 18.0 Å². The lowest BCUT2D eigenvalue weighted by atomic mass is 9.91. The normalized spacial score (nSPS) is 15.1. The lowest BCUT2D eigenvalue weighted by Gasteiger charge is -2.38. The summed E-state index contributed by atoms with van der Waals surface area (Å²) in [6, 6.07) is 13.1.